The van der Waals surface area contributed by atoms with E-state index >= 15 is 0 Å². The van der Waals surface area contributed by atoms with Crippen molar-refractivity contribution in [3.63, 3.8) is 0 Å². The van der Waals surface area contributed by atoms with E-state index < -0.39 is 22.6 Å². The minimum atomic E-state index is -0.655. The van der Waals surface area contributed by atoms with Gasteiger partial charge in [0.15, 0.2) is 0 Å². The molecule has 0 radical (unpaired) electrons. The molecule has 4 rings (SSSR count). The molecule has 2 unspecified atom stereocenters. The summed E-state index contributed by atoms with van der Waals surface area (Å²) in [4.78, 5) is 45.0. The monoisotopic (exact) mass is 514 g/mol. The number of rotatable bonds is 11. The molecule has 2 bridgehead atoms. The van der Waals surface area contributed by atoms with Gasteiger partial charge < -0.3 is 19.6 Å². The standard InChI is InChI=1S/C28H38N2O5S/c1-5-15-29(23-18(3)11-10-12-19(23)4)26(33)24-28-14-13-20(36-28)21(27(34)35-6-2)22(28)25(32)30(24)16-8-7-9-17-31/h5,10-12,20-22,24,31H,1,6-9,13-17H2,2-4H3/t20-,21+,22+,24?,28?/m1/s1. The van der Waals surface area contributed by atoms with E-state index in [1.807, 2.05) is 32.0 Å². The van der Waals surface area contributed by atoms with Gasteiger partial charge in [0, 0.05) is 30.6 Å². The van der Waals surface area contributed by atoms with Crippen molar-refractivity contribution in [3.05, 3.63) is 42.0 Å². The molecule has 5 atom stereocenters. The van der Waals surface area contributed by atoms with Crippen molar-refractivity contribution in [3.8, 4) is 0 Å². The largest absolute Gasteiger partial charge is 0.466 e. The quantitative estimate of drug-likeness (QED) is 0.276. The fraction of sp³-hybridized carbons (Fsp3) is 0.607. The molecular weight excluding hydrogens is 476 g/mol. The van der Waals surface area contributed by atoms with Crippen LogP contribution in [0.25, 0.3) is 0 Å². The number of aryl methyl sites for hydroxylation is 2. The van der Waals surface area contributed by atoms with Gasteiger partial charge in [-0.3, -0.25) is 14.4 Å². The summed E-state index contributed by atoms with van der Waals surface area (Å²) in [5, 5.41) is 9.22. The van der Waals surface area contributed by atoms with Crippen molar-refractivity contribution in [1.82, 2.24) is 4.90 Å². The van der Waals surface area contributed by atoms with Crippen LogP contribution >= 0.6 is 11.8 Å². The Morgan fingerprint density at radius 2 is 2.00 bits per heavy atom. The van der Waals surface area contributed by atoms with Gasteiger partial charge in [0.05, 0.1) is 23.2 Å². The lowest BCUT2D eigenvalue weighted by Gasteiger charge is -2.38. The maximum Gasteiger partial charge on any atom is 0.310 e. The Morgan fingerprint density at radius 1 is 1.28 bits per heavy atom. The zero-order valence-electron chi connectivity index (χ0n) is 21.6. The number of amides is 2. The van der Waals surface area contributed by atoms with Crippen LogP contribution in [0.4, 0.5) is 5.69 Å². The van der Waals surface area contributed by atoms with Gasteiger partial charge in [-0.2, -0.15) is 0 Å². The van der Waals surface area contributed by atoms with E-state index in [2.05, 4.69) is 6.58 Å². The number of unbranched alkanes of at least 4 members (excludes halogenated alkanes) is 2. The summed E-state index contributed by atoms with van der Waals surface area (Å²) >= 11 is 1.66. The molecule has 3 heterocycles. The number of aliphatic hydroxyl groups is 1. The number of carbonyl (C=O) groups is 3. The molecule has 0 aliphatic carbocycles. The van der Waals surface area contributed by atoms with Gasteiger partial charge in [0.1, 0.15) is 6.04 Å². The summed E-state index contributed by atoms with van der Waals surface area (Å²) in [6, 6.07) is 5.31. The molecular formula is C28H38N2O5S. The Hall–Kier alpha value is -2.32. The minimum Gasteiger partial charge on any atom is -0.466 e. The lowest BCUT2D eigenvalue weighted by atomic mass is 9.71. The number of fused-ring (bicyclic) bond motifs is 1. The number of benzene rings is 1. The average molecular weight is 515 g/mol. The second-order valence-corrected chi connectivity index (χ2v) is 11.7. The first-order valence-corrected chi connectivity index (χ1v) is 13.9. The highest BCUT2D eigenvalue weighted by Gasteiger charge is 2.74. The molecule has 0 saturated carbocycles. The van der Waals surface area contributed by atoms with Crippen molar-refractivity contribution in [1.29, 1.82) is 0 Å². The van der Waals surface area contributed by atoms with Gasteiger partial charge >= 0.3 is 5.97 Å². The zero-order chi connectivity index (χ0) is 26.0. The predicted molar refractivity (Wildman–Crippen MR) is 142 cm³/mol. The normalized spacial score (nSPS) is 28.3. The summed E-state index contributed by atoms with van der Waals surface area (Å²) < 4.78 is 4.77. The second-order valence-electron chi connectivity index (χ2n) is 10.1. The third kappa shape index (κ3) is 4.36. The Balaban J connectivity index is 1.76. The SMILES string of the molecule is C=CCN(C(=O)C1N(CCCCCO)C(=O)[C@@H]2[C@@H](C(=O)OCC)[C@H]3CCC12S3)c1c(C)cccc1C. The number of hydrogen-bond acceptors (Lipinski definition) is 6. The molecule has 7 nitrogen and oxygen atoms in total. The molecule has 2 amide bonds. The fourth-order valence-electron chi connectivity index (χ4n) is 6.55. The molecule has 3 aliphatic rings. The van der Waals surface area contributed by atoms with E-state index in [0.717, 1.165) is 36.1 Å². The maximum absolute atomic E-state index is 14.5. The molecule has 8 heteroatoms. The molecule has 36 heavy (non-hydrogen) atoms. The highest BCUT2D eigenvalue weighted by atomic mass is 32.2. The minimum absolute atomic E-state index is 0.00195. The number of anilines is 1. The smallest absolute Gasteiger partial charge is 0.310 e. The van der Waals surface area contributed by atoms with Crippen LogP contribution in [0, 0.1) is 25.7 Å². The Labute approximate surface area is 218 Å². The van der Waals surface area contributed by atoms with Crippen molar-refractivity contribution in [2.45, 2.75) is 68.9 Å². The van der Waals surface area contributed by atoms with Crippen molar-refractivity contribution in [2.75, 3.05) is 31.2 Å². The fourth-order valence-corrected chi connectivity index (χ4v) is 8.75. The first-order valence-electron chi connectivity index (χ1n) is 13.1. The number of esters is 1. The lowest BCUT2D eigenvalue weighted by Crippen LogP contribution is -2.55. The number of hydrogen-bond donors (Lipinski definition) is 1. The third-order valence-corrected chi connectivity index (χ3v) is 9.89. The van der Waals surface area contributed by atoms with E-state index in [9.17, 15) is 19.5 Å². The van der Waals surface area contributed by atoms with E-state index in [1.165, 1.54) is 0 Å². The number of para-hydroxylation sites is 1. The van der Waals surface area contributed by atoms with Gasteiger partial charge in [-0.1, -0.05) is 24.3 Å². The molecule has 1 spiro atoms. The number of aliphatic hydroxyl groups excluding tert-OH is 1. The van der Waals surface area contributed by atoms with Crippen LogP contribution < -0.4 is 4.90 Å². The third-order valence-electron chi connectivity index (χ3n) is 7.94. The van der Waals surface area contributed by atoms with Gasteiger partial charge in [-0.15, -0.1) is 18.3 Å². The number of thioether (sulfide) groups is 1. The first kappa shape index (κ1) is 26.7. The van der Waals surface area contributed by atoms with E-state index in [1.54, 1.807) is 34.6 Å². The Kier molecular flexibility index (Phi) is 8.15. The summed E-state index contributed by atoms with van der Waals surface area (Å²) in [6.45, 7) is 10.8. The van der Waals surface area contributed by atoms with Crippen LogP contribution in [0.5, 0.6) is 0 Å². The number of carbonyl (C=O) groups excluding carboxylic acids is 3. The molecule has 1 aromatic rings. The number of likely N-dealkylation sites (tertiary alicyclic amines) is 1. The Morgan fingerprint density at radius 3 is 2.64 bits per heavy atom. The predicted octanol–water partition coefficient (Wildman–Crippen LogP) is 3.64. The van der Waals surface area contributed by atoms with E-state index in [-0.39, 0.29) is 36.2 Å². The molecule has 1 N–H and O–H groups in total. The van der Waals surface area contributed by atoms with Gasteiger partial charge in [-0.25, -0.2) is 0 Å². The van der Waals surface area contributed by atoms with Crippen LogP contribution in [0.2, 0.25) is 0 Å². The molecule has 3 aliphatic heterocycles. The summed E-state index contributed by atoms with van der Waals surface area (Å²) in [7, 11) is 0. The van der Waals surface area contributed by atoms with Crippen molar-refractivity contribution < 1.29 is 24.2 Å². The zero-order valence-corrected chi connectivity index (χ0v) is 22.4. The molecule has 196 valence electrons. The molecule has 1 aromatic carbocycles. The molecule has 0 aromatic heterocycles. The maximum atomic E-state index is 14.5. The topological polar surface area (TPSA) is 87.2 Å². The number of ether oxygens (including phenoxy) is 1. The van der Waals surface area contributed by atoms with Crippen molar-refractivity contribution in [2.24, 2.45) is 11.8 Å². The highest BCUT2D eigenvalue weighted by Crippen LogP contribution is 2.66. The lowest BCUT2D eigenvalue weighted by molar-refractivity contribution is -0.153. The summed E-state index contributed by atoms with van der Waals surface area (Å²) in [5.41, 5.74) is 2.84. The van der Waals surface area contributed by atoms with Gasteiger partial charge in [0.2, 0.25) is 5.91 Å². The molecule has 3 fully saturated rings. The van der Waals surface area contributed by atoms with E-state index in [0.29, 0.717) is 25.9 Å². The average Bonchev–Trinajstić information content (AvgIpc) is 3.48. The Bertz CT molecular complexity index is 1010. The van der Waals surface area contributed by atoms with Crippen LogP contribution in [-0.4, -0.2) is 70.1 Å². The summed E-state index contributed by atoms with van der Waals surface area (Å²) in [5.74, 6) is -1.59. The van der Waals surface area contributed by atoms with Crippen LogP contribution in [0.15, 0.2) is 30.9 Å². The highest BCUT2D eigenvalue weighted by molar-refractivity contribution is 8.02. The van der Waals surface area contributed by atoms with Crippen LogP contribution in [0.1, 0.15) is 50.2 Å². The number of nitrogens with zero attached hydrogens (tertiary/aromatic N) is 2. The van der Waals surface area contributed by atoms with E-state index in [4.69, 9.17) is 4.74 Å². The van der Waals surface area contributed by atoms with Gasteiger partial charge in [-0.05, 0) is 64.0 Å². The van der Waals surface area contributed by atoms with Crippen molar-refractivity contribution >= 4 is 35.2 Å². The molecule has 3 saturated heterocycles. The second kappa shape index (κ2) is 11.0. The van der Waals surface area contributed by atoms with Gasteiger partial charge in [0.25, 0.3) is 5.91 Å². The summed E-state index contributed by atoms with van der Waals surface area (Å²) in [6.07, 6.45) is 5.37. The van der Waals surface area contributed by atoms with Crippen LogP contribution in [-0.2, 0) is 19.1 Å². The first-order chi connectivity index (χ1) is 17.3. The van der Waals surface area contributed by atoms with Crippen LogP contribution in [0.3, 0.4) is 0 Å².